The fourth-order valence-electron chi connectivity index (χ4n) is 3.14. The molecule has 1 aromatic carbocycles. The number of nitrogens with two attached hydrogens (primary N) is 1. The molecule has 4 heteroatoms. The lowest BCUT2D eigenvalue weighted by molar-refractivity contribution is 0.115. The summed E-state index contributed by atoms with van der Waals surface area (Å²) in [5.74, 6) is 1.25. The van der Waals surface area contributed by atoms with Gasteiger partial charge in [0, 0.05) is 23.2 Å². The van der Waals surface area contributed by atoms with Crippen LogP contribution in [0, 0.1) is 17.7 Å². The Hall–Kier alpha value is -0.640. The van der Waals surface area contributed by atoms with Gasteiger partial charge in [-0.3, -0.25) is 4.90 Å². The Morgan fingerprint density at radius 1 is 1.35 bits per heavy atom. The number of likely N-dealkylation sites (tertiary alicyclic amines) is 1. The lowest BCUT2D eigenvalue weighted by Gasteiger charge is -2.38. The Labute approximate surface area is 126 Å². The van der Waals surface area contributed by atoms with Gasteiger partial charge in [-0.25, -0.2) is 4.39 Å². The number of rotatable bonds is 4. The number of piperidine rings is 1. The van der Waals surface area contributed by atoms with Gasteiger partial charge in [-0.2, -0.15) is 0 Å². The van der Waals surface area contributed by atoms with E-state index in [1.807, 2.05) is 0 Å². The maximum absolute atomic E-state index is 14.1. The van der Waals surface area contributed by atoms with Crippen LogP contribution in [-0.4, -0.2) is 24.5 Å². The van der Waals surface area contributed by atoms with Crippen LogP contribution in [0.4, 0.5) is 4.39 Å². The summed E-state index contributed by atoms with van der Waals surface area (Å²) in [6.07, 6.45) is 2.34. The summed E-state index contributed by atoms with van der Waals surface area (Å²) in [4.78, 5) is 2.31. The predicted molar refractivity (Wildman–Crippen MR) is 82.3 cm³/mol. The molecular weight excluding hydrogens is 275 g/mol. The number of halogens is 2. The van der Waals surface area contributed by atoms with Crippen LogP contribution in [0.25, 0.3) is 0 Å². The molecule has 1 aromatic rings. The fraction of sp³-hybridized carbons (Fsp3) is 0.625. The van der Waals surface area contributed by atoms with E-state index in [4.69, 9.17) is 17.3 Å². The molecule has 0 radical (unpaired) electrons. The first-order chi connectivity index (χ1) is 9.52. The SMILES string of the molecule is CC(C)C1CCN(C(CN)c2ccc(Cl)cc2F)CC1. The monoisotopic (exact) mass is 298 g/mol. The number of hydrogen-bond acceptors (Lipinski definition) is 2. The minimum Gasteiger partial charge on any atom is -0.329 e. The average molecular weight is 299 g/mol. The zero-order chi connectivity index (χ0) is 14.7. The van der Waals surface area contributed by atoms with Crippen molar-refractivity contribution in [2.24, 2.45) is 17.6 Å². The van der Waals surface area contributed by atoms with Crippen molar-refractivity contribution < 1.29 is 4.39 Å². The van der Waals surface area contributed by atoms with Gasteiger partial charge < -0.3 is 5.73 Å². The number of hydrogen-bond donors (Lipinski definition) is 1. The summed E-state index contributed by atoms with van der Waals surface area (Å²) in [5, 5.41) is 0.431. The van der Waals surface area contributed by atoms with Gasteiger partial charge in [-0.1, -0.05) is 31.5 Å². The van der Waals surface area contributed by atoms with E-state index in [-0.39, 0.29) is 11.9 Å². The molecule has 1 unspecified atom stereocenters. The Kier molecular flexibility index (Phi) is 5.42. The molecule has 0 aromatic heterocycles. The highest BCUT2D eigenvalue weighted by atomic mass is 35.5. The van der Waals surface area contributed by atoms with E-state index in [0.29, 0.717) is 17.1 Å². The molecule has 2 nitrogen and oxygen atoms in total. The molecule has 0 spiro atoms. The lowest BCUT2D eigenvalue weighted by Crippen LogP contribution is -2.41. The average Bonchev–Trinajstić information content (AvgIpc) is 2.42. The van der Waals surface area contributed by atoms with Crippen LogP contribution < -0.4 is 5.73 Å². The molecule has 0 aliphatic carbocycles. The van der Waals surface area contributed by atoms with Crippen molar-refractivity contribution in [2.45, 2.75) is 32.7 Å². The maximum Gasteiger partial charge on any atom is 0.129 e. The molecule has 1 aliphatic rings. The summed E-state index contributed by atoms with van der Waals surface area (Å²) in [7, 11) is 0. The number of benzene rings is 1. The third-order valence-electron chi connectivity index (χ3n) is 4.50. The molecule has 1 fully saturated rings. The second-order valence-corrected chi connectivity index (χ2v) is 6.47. The van der Waals surface area contributed by atoms with Crippen LogP contribution in [0.1, 0.15) is 38.3 Å². The van der Waals surface area contributed by atoms with E-state index >= 15 is 0 Å². The van der Waals surface area contributed by atoms with Gasteiger partial charge in [-0.05, 0) is 49.9 Å². The first-order valence-corrected chi connectivity index (χ1v) is 7.79. The van der Waals surface area contributed by atoms with Crippen LogP contribution in [0.3, 0.4) is 0 Å². The van der Waals surface area contributed by atoms with Crippen molar-refractivity contribution in [3.05, 3.63) is 34.6 Å². The highest BCUT2D eigenvalue weighted by Gasteiger charge is 2.28. The summed E-state index contributed by atoms with van der Waals surface area (Å²) >= 11 is 5.82. The molecule has 0 amide bonds. The normalized spacial score (nSPS) is 19.5. The Bertz CT molecular complexity index is 442. The van der Waals surface area contributed by atoms with Crippen molar-refractivity contribution in [1.82, 2.24) is 4.90 Å². The van der Waals surface area contributed by atoms with E-state index in [0.717, 1.165) is 24.9 Å². The Balaban J connectivity index is 2.09. The molecule has 1 aliphatic heterocycles. The first kappa shape index (κ1) is 15.7. The van der Waals surface area contributed by atoms with Crippen LogP contribution in [0.2, 0.25) is 5.02 Å². The zero-order valence-electron chi connectivity index (χ0n) is 12.3. The first-order valence-electron chi connectivity index (χ1n) is 7.42. The minimum atomic E-state index is -0.251. The molecule has 1 atom stereocenters. The largest absolute Gasteiger partial charge is 0.329 e. The van der Waals surface area contributed by atoms with Crippen LogP contribution in [0.5, 0.6) is 0 Å². The topological polar surface area (TPSA) is 29.3 Å². The van der Waals surface area contributed by atoms with E-state index < -0.39 is 0 Å². The molecule has 0 saturated carbocycles. The summed E-state index contributed by atoms with van der Waals surface area (Å²) in [6.45, 7) is 6.98. The molecule has 112 valence electrons. The molecular formula is C16H24ClFN2. The van der Waals surface area contributed by atoms with E-state index in [9.17, 15) is 4.39 Å². The molecule has 0 bridgehead atoms. The second-order valence-electron chi connectivity index (χ2n) is 6.03. The molecule has 20 heavy (non-hydrogen) atoms. The standard InChI is InChI=1S/C16H24ClFN2/c1-11(2)12-5-7-20(8-6-12)16(10-19)14-4-3-13(17)9-15(14)18/h3-4,9,11-12,16H,5-8,10,19H2,1-2H3. The summed E-state index contributed by atoms with van der Waals surface area (Å²) < 4.78 is 14.1. The van der Waals surface area contributed by atoms with Crippen molar-refractivity contribution >= 4 is 11.6 Å². The molecule has 1 saturated heterocycles. The molecule has 2 N–H and O–H groups in total. The molecule has 2 rings (SSSR count). The Morgan fingerprint density at radius 3 is 2.50 bits per heavy atom. The van der Waals surface area contributed by atoms with E-state index in [1.54, 1.807) is 12.1 Å². The van der Waals surface area contributed by atoms with Gasteiger partial charge in [0.2, 0.25) is 0 Å². The third kappa shape index (κ3) is 3.51. The van der Waals surface area contributed by atoms with Gasteiger partial charge in [0.05, 0.1) is 0 Å². The second kappa shape index (κ2) is 6.88. The molecule has 1 heterocycles. The van der Waals surface area contributed by atoms with E-state index in [2.05, 4.69) is 18.7 Å². The fourth-order valence-corrected chi connectivity index (χ4v) is 3.30. The van der Waals surface area contributed by atoms with E-state index in [1.165, 1.54) is 18.9 Å². The van der Waals surface area contributed by atoms with Gasteiger partial charge in [0.15, 0.2) is 0 Å². The zero-order valence-corrected chi connectivity index (χ0v) is 13.0. The van der Waals surface area contributed by atoms with Crippen molar-refractivity contribution in [3.8, 4) is 0 Å². The Morgan fingerprint density at radius 2 is 2.00 bits per heavy atom. The lowest BCUT2D eigenvalue weighted by atomic mass is 9.86. The number of nitrogens with zero attached hydrogens (tertiary/aromatic N) is 1. The summed E-state index contributed by atoms with van der Waals surface area (Å²) in [6, 6.07) is 4.84. The van der Waals surface area contributed by atoms with Crippen molar-refractivity contribution in [1.29, 1.82) is 0 Å². The van der Waals surface area contributed by atoms with Crippen LogP contribution >= 0.6 is 11.6 Å². The van der Waals surface area contributed by atoms with Crippen LogP contribution in [-0.2, 0) is 0 Å². The van der Waals surface area contributed by atoms with Crippen molar-refractivity contribution in [2.75, 3.05) is 19.6 Å². The third-order valence-corrected chi connectivity index (χ3v) is 4.74. The van der Waals surface area contributed by atoms with Gasteiger partial charge in [0.25, 0.3) is 0 Å². The minimum absolute atomic E-state index is 0.0413. The highest BCUT2D eigenvalue weighted by molar-refractivity contribution is 6.30. The van der Waals surface area contributed by atoms with Gasteiger partial charge >= 0.3 is 0 Å². The smallest absolute Gasteiger partial charge is 0.129 e. The maximum atomic E-state index is 14.1. The summed E-state index contributed by atoms with van der Waals surface area (Å²) in [5.41, 5.74) is 6.56. The van der Waals surface area contributed by atoms with Gasteiger partial charge in [-0.15, -0.1) is 0 Å². The quantitative estimate of drug-likeness (QED) is 0.915. The van der Waals surface area contributed by atoms with Crippen LogP contribution in [0.15, 0.2) is 18.2 Å². The predicted octanol–water partition coefficient (Wildman–Crippen LogP) is 3.85. The van der Waals surface area contributed by atoms with Crippen molar-refractivity contribution in [3.63, 3.8) is 0 Å². The van der Waals surface area contributed by atoms with Gasteiger partial charge in [0.1, 0.15) is 5.82 Å². The highest BCUT2D eigenvalue weighted by Crippen LogP contribution is 2.31.